The fourth-order valence-corrected chi connectivity index (χ4v) is 4.56. The molecule has 4 rings (SSSR count). The van der Waals surface area contributed by atoms with Crippen molar-refractivity contribution in [2.45, 2.75) is 44.1 Å². The standard InChI is InChI=1S/C17H22O2/c18-15(17-13-5-3-6-14(13)17)10-11-8-9-19-16-7-2-1-4-12(11)16/h1-2,4,7,11,13-15,17-18H,3,5-6,8-10H2. The van der Waals surface area contributed by atoms with E-state index in [9.17, 15) is 5.11 Å². The first kappa shape index (κ1) is 11.8. The third-order valence-electron chi connectivity index (χ3n) is 5.53. The molecule has 0 spiro atoms. The van der Waals surface area contributed by atoms with E-state index in [2.05, 4.69) is 18.2 Å². The number of hydrogen-bond donors (Lipinski definition) is 1. The Labute approximate surface area is 114 Å². The lowest BCUT2D eigenvalue weighted by Crippen LogP contribution is -2.21. The normalized spacial score (nSPS) is 37.1. The van der Waals surface area contributed by atoms with Crippen molar-refractivity contribution in [3.05, 3.63) is 29.8 Å². The van der Waals surface area contributed by atoms with Crippen molar-refractivity contribution >= 4 is 0 Å². The van der Waals surface area contributed by atoms with Gasteiger partial charge < -0.3 is 9.84 Å². The van der Waals surface area contributed by atoms with E-state index in [4.69, 9.17) is 4.74 Å². The highest BCUT2D eigenvalue weighted by Crippen LogP contribution is 2.60. The monoisotopic (exact) mass is 258 g/mol. The molecule has 1 aromatic rings. The minimum Gasteiger partial charge on any atom is -0.493 e. The van der Waals surface area contributed by atoms with Gasteiger partial charge in [0.25, 0.3) is 0 Å². The van der Waals surface area contributed by atoms with E-state index in [0.29, 0.717) is 11.8 Å². The van der Waals surface area contributed by atoms with Gasteiger partial charge in [-0.15, -0.1) is 0 Å². The van der Waals surface area contributed by atoms with Crippen LogP contribution in [0.1, 0.15) is 43.6 Å². The molecule has 4 unspecified atom stereocenters. The second kappa shape index (κ2) is 4.52. The molecule has 0 aromatic heterocycles. The molecular weight excluding hydrogens is 236 g/mol. The van der Waals surface area contributed by atoms with E-state index in [1.165, 1.54) is 24.8 Å². The Morgan fingerprint density at radius 2 is 1.95 bits per heavy atom. The zero-order valence-corrected chi connectivity index (χ0v) is 11.3. The summed E-state index contributed by atoms with van der Waals surface area (Å²) in [5, 5.41) is 10.5. The van der Waals surface area contributed by atoms with Crippen LogP contribution >= 0.6 is 0 Å². The molecule has 0 amide bonds. The molecule has 2 heteroatoms. The fraction of sp³-hybridized carbons (Fsp3) is 0.647. The van der Waals surface area contributed by atoms with E-state index in [-0.39, 0.29) is 6.10 Å². The minimum atomic E-state index is -0.0912. The van der Waals surface area contributed by atoms with E-state index in [1.807, 2.05) is 6.07 Å². The zero-order chi connectivity index (χ0) is 12.8. The predicted octanol–water partition coefficient (Wildman–Crippen LogP) is 3.35. The number of aliphatic hydroxyl groups excluding tert-OH is 1. The lowest BCUT2D eigenvalue weighted by atomic mass is 9.86. The predicted molar refractivity (Wildman–Crippen MR) is 74.2 cm³/mol. The fourth-order valence-electron chi connectivity index (χ4n) is 4.56. The number of para-hydroxylation sites is 1. The van der Waals surface area contributed by atoms with Crippen molar-refractivity contribution in [2.75, 3.05) is 6.61 Å². The summed E-state index contributed by atoms with van der Waals surface area (Å²) in [6.45, 7) is 0.798. The summed E-state index contributed by atoms with van der Waals surface area (Å²) in [5.41, 5.74) is 1.30. The van der Waals surface area contributed by atoms with Crippen molar-refractivity contribution in [1.82, 2.24) is 0 Å². The molecule has 1 N–H and O–H groups in total. The summed E-state index contributed by atoms with van der Waals surface area (Å²) >= 11 is 0. The van der Waals surface area contributed by atoms with Crippen LogP contribution < -0.4 is 4.74 Å². The van der Waals surface area contributed by atoms with Crippen molar-refractivity contribution in [3.63, 3.8) is 0 Å². The highest BCUT2D eigenvalue weighted by molar-refractivity contribution is 5.37. The van der Waals surface area contributed by atoms with E-state index in [0.717, 1.165) is 37.0 Å². The molecule has 0 saturated heterocycles. The molecule has 2 fully saturated rings. The average molecular weight is 258 g/mol. The summed E-state index contributed by atoms with van der Waals surface area (Å²) in [4.78, 5) is 0. The summed E-state index contributed by atoms with van der Waals surface area (Å²) < 4.78 is 5.70. The van der Waals surface area contributed by atoms with Gasteiger partial charge >= 0.3 is 0 Å². The van der Waals surface area contributed by atoms with Gasteiger partial charge in [-0.2, -0.15) is 0 Å². The SMILES string of the molecule is OC(CC1CCOc2ccccc21)C1C2CCCC21. The second-order valence-corrected chi connectivity index (χ2v) is 6.51. The molecule has 1 aromatic carbocycles. The molecule has 102 valence electrons. The summed E-state index contributed by atoms with van der Waals surface area (Å²) in [7, 11) is 0. The van der Waals surface area contributed by atoms with E-state index < -0.39 is 0 Å². The van der Waals surface area contributed by atoms with Crippen LogP contribution in [0, 0.1) is 17.8 Å². The first-order chi connectivity index (χ1) is 9.34. The van der Waals surface area contributed by atoms with E-state index in [1.54, 1.807) is 0 Å². The van der Waals surface area contributed by atoms with Crippen LogP contribution in [0.3, 0.4) is 0 Å². The van der Waals surface area contributed by atoms with Crippen LogP contribution in [0.5, 0.6) is 5.75 Å². The Balaban J connectivity index is 1.46. The van der Waals surface area contributed by atoms with Gasteiger partial charge in [-0.3, -0.25) is 0 Å². The number of benzene rings is 1. The zero-order valence-electron chi connectivity index (χ0n) is 11.3. The molecular formula is C17H22O2. The average Bonchev–Trinajstić information content (AvgIpc) is 2.93. The summed E-state index contributed by atoms with van der Waals surface area (Å²) in [5.74, 6) is 3.84. The minimum absolute atomic E-state index is 0.0912. The Hall–Kier alpha value is -1.02. The maximum absolute atomic E-state index is 10.5. The van der Waals surface area contributed by atoms with Crippen LogP contribution in [0.25, 0.3) is 0 Å². The number of rotatable bonds is 3. The Kier molecular flexibility index (Phi) is 2.80. The van der Waals surface area contributed by atoms with Gasteiger partial charge in [0.05, 0.1) is 12.7 Å². The van der Waals surface area contributed by atoms with Crippen molar-refractivity contribution in [1.29, 1.82) is 0 Å². The highest BCUT2D eigenvalue weighted by atomic mass is 16.5. The molecule has 0 radical (unpaired) electrons. The molecule has 1 heterocycles. The number of ether oxygens (including phenoxy) is 1. The quantitative estimate of drug-likeness (QED) is 0.901. The third-order valence-corrected chi connectivity index (χ3v) is 5.53. The summed E-state index contributed by atoms with van der Waals surface area (Å²) in [6.07, 6.45) is 5.99. The van der Waals surface area contributed by atoms with Gasteiger partial charge in [-0.1, -0.05) is 24.6 Å². The topological polar surface area (TPSA) is 29.5 Å². The maximum atomic E-state index is 10.5. The molecule has 2 aliphatic carbocycles. The Morgan fingerprint density at radius 3 is 2.79 bits per heavy atom. The Bertz CT molecular complexity index is 460. The summed E-state index contributed by atoms with van der Waals surface area (Å²) in [6, 6.07) is 8.33. The van der Waals surface area contributed by atoms with Crippen LogP contribution in [-0.2, 0) is 0 Å². The van der Waals surface area contributed by atoms with Gasteiger partial charge in [0.15, 0.2) is 0 Å². The smallest absolute Gasteiger partial charge is 0.122 e. The molecule has 2 nitrogen and oxygen atoms in total. The first-order valence-corrected chi connectivity index (χ1v) is 7.74. The largest absolute Gasteiger partial charge is 0.493 e. The number of aliphatic hydroxyl groups is 1. The Morgan fingerprint density at radius 1 is 1.16 bits per heavy atom. The number of fused-ring (bicyclic) bond motifs is 2. The van der Waals surface area contributed by atoms with Crippen LogP contribution in [0.15, 0.2) is 24.3 Å². The first-order valence-electron chi connectivity index (χ1n) is 7.74. The third kappa shape index (κ3) is 1.97. The second-order valence-electron chi connectivity index (χ2n) is 6.51. The van der Waals surface area contributed by atoms with Gasteiger partial charge in [0, 0.05) is 0 Å². The lowest BCUT2D eigenvalue weighted by molar-refractivity contribution is 0.110. The number of hydrogen-bond acceptors (Lipinski definition) is 2. The van der Waals surface area contributed by atoms with Crippen LogP contribution in [0.4, 0.5) is 0 Å². The van der Waals surface area contributed by atoms with Crippen LogP contribution in [0.2, 0.25) is 0 Å². The van der Waals surface area contributed by atoms with Crippen molar-refractivity contribution in [2.24, 2.45) is 17.8 Å². The molecule has 0 bridgehead atoms. The molecule has 1 aliphatic heterocycles. The highest BCUT2D eigenvalue weighted by Gasteiger charge is 2.55. The maximum Gasteiger partial charge on any atom is 0.122 e. The van der Waals surface area contributed by atoms with Gasteiger partial charge in [-0.05, 0) is 61.0 Å². The van der Waals surface area contributed by atoms with Gasteiger partial charge in [0.2, 0.25) is 0 Å². The van der Waals surface area contributed by atoms with Crippen molar-refractivity contribution in [3.8, 4) is 5.75 Å². The van der Waals surface area contributed by atoms with Gasteiger partial charge in [-0.25, -0.2) is 0 Å². The molecule has 2 saturated carbocycles. The van der Waals surface area contributed by atoms with Gasteiger partial charge in [0.1, 0.15) is 5.75 Å². The van der Waals surface area contributed by atoms with Crippen molar-refractivity contribution < 1.29 is 9.84 Å². The van der Waals surface area contributed by atoms with E-state index >= 15 is 0 Å². The molecule has 3 aliphatic rings. The lowest BCUT2D eigenvalue weighted by Gasteiger charge is -2.28. The molecule has 19 heavy (non-hydrogen) atoms. The molecule has 4 atom stereocenters. The van der Waals surface area contributed by atoms with Crippen LogP contribution in [-0.4, -0.2) is 17.8 Å².